The molecule has 2 aromatic rings. The van der Waals surface area contributed by atoms with Crippen molar-refractivity contribution in [2.75, 3.05) is 13.1 Å². The van der Waals surface area contributed by atoms with Crippen molar-refractivity contribution in [3.05, 3.63) is 51.8 Å². The third-order valence-electron chi connectivity index (χ3n) is 3.58. The van der Waals surface area contributed by atoms with Gasteiger partial charge < -0.3 is 20.3 Å². The van der Waals surface area contributed by atoms with Gasteiger partial charge in [0.15, 0.2) is 5.96 Å². The Balaban J connectivity index is 0.00000312. The fourth-order valence-electron chi connectivity index (χ4n) is 2.28. The molecule has 1 aromatic heterocycles. The quantitative estimate of drug-likeness (QED) is 0.322. The smallest absolute Gasteiger partial charge is 0.191 e. The van der Waals surface area contributed by atoms with Crippen molar-refractivity contribution in [2.45, 2.75) is 19.9 Å². The van der Waals surface area contributed by atoms with Crippen LogP contribution in [-0.4, -0.2) is 28.7 Å². The second kappa shape index (κ2) is 10.8. The van der Waals surface area contributed by atoms with E-state index in [4.69, 9.17) is 23.2 Å². The highest BCUT2D eigenvalue weighted by molar-refractivity contribution is 14.0. The molecule has 0 saturated carbocycles. The van der Waals surface area contributed by atoms with Crippen LogP contribution in [0.3, 0.4) is 0 Å². The van der Waals surface area contributed by atoms with Crippen LogP contribution >= 0.6 is 47.2 Å². The van der Waals surface area contributed by atoms with E-state index in [0.29, 0.717) is 23.3 Å². The first-order valence-electron chi connectivity index (χ1n) is 7.81. The Labute approximate surface area is 175 Å². The van der Waals surface area contributed by atoms with Gasteiger partial charge in [0.2, 0.25) is 0 Å². The number of halogens is 3. The number of nitrogens with zero attached hydrogens (tertiary/aromatic N) is 2. The molecule has 0 amide bonds. The van der Waals surface area contributed by atoms with Gasteiger partial charge in [-0.1, -0.05) is 35.3 Å². The summed E-state index contributed by atoms with van der Waals surface area (Å²) in [5, 5.41) is 17.0. The molecule has 25 heavy (non-hydrogen) atoms. The van der Waals surface area contributed by atoms with Crippen LogP contribution in [-0.2, 0) is 20.0 Å². The van der Waals surface area contributed by atoms with Crippen LogP contribution in [0.1, 0.15) is 18.2 Å². The van der Waals surface area contributed by atoms with E-state index in [0.717, 1.165) is 30.2 Å². The van der Waals surface area contributed by atoms with E-state index >= 15 is 0 Å². The summed E-state index contributed by atoms with van der Waals surface area (Å²) < 4.78 is 1.82. The zero-order valence-corrected chi connectivity index (χ0v) is 18.1. The summed E-state index contributed by atoms with van der Waals surface area (Å²) in [4.78, 5) is 4.55. The molecule has 138 valence electrons. The second-order valence-corrected chi connectivity index (χ2v) is 6.14. The van der Waals surface area contributed by atoms with Crippen LogP contribution in [0.5, 0.6) is 5.75 Å². The van der Waals surface area contributed by atoms with Gasteiger partial charge in [-0.15, -0.1) is 24.0 Å². The lowest BCUT2D eigenvalue weighted by atomic mass is 10.1. The van der Waals surface area contributed by atoms with Gasteiger partial charge in [-0.25, -0.2) is 4.99 Å². The number of benzene rings is 1. The minimum Gasteiger partial charge on any atom is -0.508 e. The first-order chi connectivity index (χ1) is 11.5. The van der Waals surface area contributed by atoms with Crippen molar-refractivity contribution in [3.63, 3.8) is 0 Å². The molecule has 0 atom stereocenters. The fourth-order valence-corrected chi connectivity index (χ4v) is 2.70. The van der Waals surface area contributed by atoms with E-state index < -0.39 is 0 Å². The number of phenols is 1. The highest BCUT2D eigenvalue weighted by Crippen LogP contribution is 2.25. The van der Waals surface area contributed by atoms with E-state index in [1.165, 1.54) is 0 Å². The number of hydrogen-bond acceptors (Lipinski definition) is 2. The Morgan fingerprint density at radius 2 is 2.00 bits per heavy atom. The summed E-state index contributed by atoms with van der Waals surface area (Å²) in [7, 11) is 1.86. The molecular formula is C17H23Cl2IN4O. The normalized spacial score (nSPS) is 11.1. The first-order valence-corrected chi connectivity index (χ1v) is 8.56. The number of nitrogens with one attached hydrogen (secondary N) is 2. The van der Waals surface area contributed by atoms with Gasteiger partial charge >= 0.3 is 0 Å². The molecule has 1 aromatic carbocycles. The Hall–Kier alpha value is -1.12. The Kier molecular flexibility index (Phi) is 9.45. The molecular weight excluding hydrogens is 474 g/mol. The number of phenolic OH excluding ortho intramolecular Hbond substituents is 1. The highest BCUT2D eigenvalue weighted by Gasteiger charge is 2.08. The Morgan fingerprint density at radius 3 is 2.60 bits per heavy atom. The molecule has 0 aliphatic carbocycles. The van der Waals surface area contributed by atoms with Crippen LogP contribution in [0.15, 0.2) is 35.3 Å². The molecule has 0 fully saturated rings. The van der Waals surface area contributed by atoms with Gasteiger partial charge in [0, 0.05) is 25.8 Å². The van der Waals surface area contributed by atoms with Crippen molar-refractivity contribution >= 4 is 53.1 Å². The number of aliphatic imine (C=N–C) groups is 1. The topological polar surface area (TPSA) is 61.6 Å². The van der Waals surface area contributed by atoms with Gasteiger partial charge in [-0.3, -0.25) is 0 Å². The fraction of sp³-hybridized carbons (Fsp3) is 0.353. The molecule has 0 unspecified atom stereocenters. The lowest BCUT2D eigenvalue weighted by Gasteiger charge is -2.11. The molecule has 5 nitrogen and oxygen atoms in total. The number of rotatable bonds is 6. The van der Waals surface area contributed by atoms with E-state index in [-0.39, 0.29) is 29.7 Å². The van der Waals surface area contributed by atoms with Crippen LogP contribution in [0.25, 0.3) is 0 Å². The molecule has 2 rings (SSSR count). The number of hydrogen-bond donors (Lipinski definition) is 3. The van der Waals surface area contributed by atoms with Crippen molar-refractivity contribution in [1.29, 1.82) is 0 Å². The van der Waals surface area contributed by atoms with Gasteiger partial charge in [0.05, 0.1) is 11.6 Å². The molecule has 0 aliphatic heterocycles. The highest BCUT2D eigenvalue weighted by atomic mass is 127. The maximum atomic E-state index is 9.49. The minimum absolute atomic E-state index is 0. The SMILES string of the molecule is CCNC(=NCc1cc(Cl)c(Cl)n1C)NCCc1cccc(O)c1.I. The summed E-state index contributed by atoms with van der Waals surface area (Å²) >= 11 is 12.1. The van der Waals surface area contributed by atoms with E-state index in [1.54, 1.807) is 12.1 Å². The van der Waals surface area contributed by atoms with Gasteiger partial charge in [-0.2, -0.15) is 0 Å². The van der Waals surface area contributed by atoms with Crippen molar-refractivity contribution in [1.82, 2.24) is 15.2 Å². The van der Waals surface area contributed by atoms with Crippen molar-refractivity contribution in [2.24, 2.45) is 12.0 Å². The van der Waals surface area contributed by atoms with Crippen molar-refractivity contribution < 1.29 is 5.11 Å². The number of aromatic hydroxyl groups is 1. The van der Waals surface area contributed by atoms with E-state index in [2.05, 4.69) is 15.6 Å². The number of guanidine groups is 1. The lowest BCUT2D eigenvalue weighted by Crippen LogP contribution is -2.38. The predicted octanol–water partition coefficient (Wildman–Crippen LogP) is 3.95. The largest absolute Gasteiger partial charge is 0.508 e. The predicted molar refractivity (Wildman–Crippen MR) is 115 cm³/mol. The van der Waals surface area contributed by atoms with Gasteiger partial charge in [0.1, 0.15) is 10.9 Å². The van der Waals surface area contributed by atoms with Gasteiger partial charge in [-0.05, 0) is 37.1 Å². The minimum atomic E-state index is 0. The third-order valence-corrected chi connectivity index (χ3v) is 4.42. The number of aromatic nitrogens is 1. The van der Waals surface area contributed by atoms with E-state index in [9.17, 15) is 5.11 Å². The third kappa shape index (κ3) is 6.60. The van der Waals surface area contributed by atoms with Crippen LogP contribution in [0.4, 0.5) is 0 Å². The summed E-state index contributed by atoms with van der Waals surface area (Å²) in [6.45, 7) is 3.98. The van der Waals surface area contributed by atoms with Gasteiger partial charge in [0.25, 0.3) is 0 Å². The second-order valence-electron chi connectivity index (χ2n) is 5.38. The zero-order chi connectivity index (χ0) is 17.5. The summed E-state index contributed by atoms with van der Waals surface area (Å²) in [6, 6.07) is 9.08. The lowest BCUT2D eigenvalue weighted by molar-refractivity contribution is 0.474. The monoisotopic (exact) mass is 496 g/mol. The maximum Gasteiger partial charge on any atom is 0.191 e. The molecule has 0 saturated heterocycles. The molecule has 0 radical (unpaired) electrons. The first kappa shape index (κ1) is 21.9. The van der Waals surface area contributed by atoms with Crippen LogP contribution < -0.4 is 10.6 Å². The standard InChI is InChI=1S/C17H22Cl2N4O.HI/c1-3-20-17(21-8-7-12-5-4-6-14(24)9-12)22-11-13-10-15(18)16(19)23(13)2;/h4-6,9-10,24H,3,7-8,11H2,1-2H3,(H2,20,21,22);1H. The van der Waals surface area contributed by atoms with Crippen LogP contribution in [0, 0.1) is 0 Å². The average Bonchev–Trinajstić information content (AvgIpc) is 2.80. The van der Waals surface area contributed by atoms with Crippen molar-refractivity contribution in [3.8, 4) is 5.75 Å². The maximum absolute atomic E-state index is 9.49. The zero-order valence-electron chi connectivity index (χ0n) is 14.2. The molecule has 0 spiro atoms. The Bertz CT molecular complexity index is 719. The molecule has 3 N–H and O–H groups in total. The van der Waals surface area contributed by atoms with Crippen LogP contribution in [0.2, 0.25) is 10.2 Å². The summed E-state index contributed by atoms with van der Waals surface area (Å²) in [5.74, 6) is 1.01. The van der Waals surface area contributed by atoms with E-state index in [1.807, 2.05) is 36.7 Å². The molecule has 8 heteroatoms. The molecule has 0 bridgehead atoms. The average molecular weight is 497 g/mol. The molecule has 1 heterocycles. The summed E-state index contributed by atoms with van der Waals surface area (Å²) in [5.41, 5.74) is 2.01. The molecule has 0 aliphatic rings. The summed E-state index contributed by atoms with van der Waals surface area (Å²) in [6.07, 6.45) is 0.792. The Morgan fingerprint density at radius 1 is 1.24 bits per heavy atom.